The van der Waals surface area contributed by atoms with E-state index in [9.17, 15) is 72.9 Å². The highest BCUT2D eigenvalue weighted by atomic mass is 16.6. The Morgan fingerprint density at radius 3 is 1.37 bits per heavy atom. The Labute approximate surface area is 634 Å². The number of ether oxygens (including phenoxy) is 2. The lowest BCUT2D eigenvalue weighted by Crippen LogP contribution is -2.64. The third-order valence-corrected chi connectivity index (χ3v) is 19.2. The van der Waals surface area contributed by atoms with E-state index in [1.54, 1.807) is 46.8 Å². The van der Waals surface area contributed by atoms with Gasteiger partial charge in [0.2, 0.25) is 59.1 Å². The van der Waals surface area contributed by atoms with E-state index in [4.69, 9.17) is 9.47 Å². The first kappa shape index (κ1) is 92.7. The first-order valence-corrected chi connectivity index (χ1v) is 37.4. The molecule has 1 unspecified atom stereocenters. The van der Waals surface area contributed by atoms with Crippen molar-refractivity contribution in [1.29, 1.82) is 0 Å². The molecule has 0 spiro atoms. The van der Waals surface area contributed by atoms with E-state index >= 15 is 0 Å². The predicted molar refractivity (Wildman–Crippen MR) is 408 cm³/mol. The number of allylic oxidation sites excluding steroid dienone is 2. The Bertz CT molecular complexity index is 3360. The number of benzene rings is 2. The summed E-state index contributed by atoms with van der Waals surface area (Å²) < 4.78 is 12.3. The molecule has 28 heteroatoms. The predicted octanol–water partition coefficient (Wildman–Crippen LogP) is 5.94. The lowest BCUT2D eigenvalue weighted by Gasteiger charge is -2.40. The molecule has 0 saturated carbocycles. The first-order chi connectivity index (χ1) is 49.6. The summed E-state index contributed by atoms with van der Waals surface area (Å²) in [4.78, 5) is 178. The van der Waals surface area contributed by atoms with Crippen LogP contribution in [0.4, 0.5) is 4.79 Å². The molecule has 2 aromatic carbocycles. The number of likely N-dealkylation sites (N-methyl/N-ethyl adjacent to an activating group) is 6. The number of carboxylic acid groups (broad SMARTS) is 1. The number of fused-ring (bicyclic) bond motifs is 3. The normalized spacial score (nSPS) is 16.2. The van der Waals surface area contributed by atoms with Crippen molar-refractivity contribution in [3.63, 3.8) is 0 Å². The highest BCUT2D eigenvalue weighted by molar-refractivity contribution is 5.99. The van der Waals surface area contributed by atoms with Gasteiger partial charge in [-0.05, 0) is 145 Å². The van der Waals surface area contributed by atoms with E-state index in [0.29, 0.717) is 0 Å². The van der Waals surface area contributed by atoms with Crippen molar-refractivity contribution in [2.24, 2.45) is 35.5 Å². The summed E-state index contributed by atoms with van der Waals surface area (Å²) in [7, 11) is 8.05. The molecule has 11 amide bonds. The van der Waals surface area contributed by atoms with Crippen molar-refractivity contribution in [3.8, 4) is 11.1 Å². The number of amides is 11. The van der Waals surface area contributed by atoms with E-state index in [0.717, 1.165) is 37.0 Å². The molecule has 0 aliphatic heterocycles. The van der Waals surface area contributed by atoms with E-state index in [2.05, 4.69) is 26.6 Å². The van der Waals surface area contributed by atoms with Crippen LogP contribution in [-0.2, 0) is 62.2 Å². The van der Waals surface area contributed by atoms with Gasteiger partial charge in [0.15, 0.2) is 0 Å². The fourth-order valence-electron chi connectivity index (χ4n) is 13.6. The van der Waals surface area contributed by atoms with E-state index in [1.165, 1.54) is 77.8 Å². The quantitative estimate of drug-likeness (QED) is 0.0358. The zero-order valence-electron chi connectivity index (χ0n) is 68.0. The van der Waals surface area contributed by atoms with Gasteiger partial charge in [-0.15, -0.1) is 0 Å². The molecule has 0 aromatic heterocycles. The number of aliphatic carboxylic acids is 1. The van der Waals surface area contributed by atoms with E-state index in [-0.39, 0.29) is 68.3 Å². The summed E-state index contributed by atoms with van der Waals surface area (Å²) in [5.74, 6) is -11.5. The average Bonchev–Trinajstić information content (AvgIpc) is 0.917. The van der Waals surface area contributed by atoms with Gasteiger partial charge >= 0.3 is 12.1 Å². The zero-order valence-corrected chi connectivity index (χ0v) is 68.0. The van der Waals surface area contributed by atoms with Gasteiger partial charge in [0.25, 0.3) is 0 Å². The molecule has 0 saturated heterocycles. The second-order valence-corrected chi connectivity index (χ2v) is 31.9. The van der Waals surface area contributed by atoms with Crippen molar-refractivity contribution in [2.75, 3.05) is 55.4 Å². The molecule has 0 bridgehead atoms. The Balaban J connectivity index is 1.88. The minimum absolute atomic E-state index is 0.0168. The summed E-state index contributed by atoms with van der Waals surface area (Å²) in [5, 5.41) is 45.5. The smallest absolute Gasteiger partial charge is 0.410 e. The minimum Gasteiger partial charge on any atom is -0.480 e. The zero-order chi connectivity index (χ0) is 81.7. The van der Waals surface area contributed by atoms with Gasteiger partial charge in [0.1, 0.15) is 73.6 Å². The summed E-state index contributed by atoms with van der Waals surface area (Å²) in [6.45, 7) is 31.8. The highest BCUT2D eigenvalue weighted by Crippen LogP contribution is 2.44. The molecule has 600 valence electrons. The molecule has 0 fully saturated rings. The fraction of sp³-hybridized carbons (Fsp3) is 0.671. The number of carbonyl (C=O) groups excluding carboxylic acids is 11. The summed E-state index contributed by atoms with van der Waals surface area (Å²) >= 11 is 0. The molecule has 0 heterocycles. The highest BCUT2D eigenvalue weighted by Gasteiger charge is 2.46. The van der Waals surface area contributed by atoms with E-state index in [1.807, 2.05) is 125 Å². The molecule has 8 N–H and O–H groups in total. The second-order valence-electron chi connectivity index (χ2n) is 31.9. The molecule has 14 atom stereocenters. The molecule has 107 heavy (non-hydrogen) atoms. The topological polar surface area (TPSA) is 364 Å². The van der Waals surface area contributed by atoms with Crippen LogP contribution < -0.4 is 26.6 Å². The molecule has 28 nitrogen and oxygen atoms in total. The van der Waals surface area contributed by atoms with Crippen LogP contribution >= 0.6 is 0 Å². The summed E-state index contributed by atoms with van der Waals surface area (Å²) in [6, 6.07) is 2.25. The molecule has 1 aliphatic rings. The number of nitrogens with one attached hydrogen (secondary N) is 5. The number of nitrogens with zero attached hydrogens (tertiary/aromatic N) is 6. The summed E-state index contributed by atoms with van der Waals surface area (Å²) in [5.41, 5.74) is 3.32. The lowest BCUT2D eigenvalue weighted by molar-refractivity contribution is -0.155. The third-order valence-electron chi connectivity index (χ3n) is 19.2. The van der Waals surface area contributed by atoms with Crippen molar-refractivity contribution in [2.45, 2.75) is 254 Å². The maximum Gasteiger partial charge on any atom is 0.410 e. The molecular weight excluding hydrogens is 1370 g/mol. The number of rotatable bonds is 40. The Morgan fingerprint density at radius 1 is 0.495 bits per heavy atom. The SMILES string of the molecule is CC=CC[C@@H](C)[C@@H](O)[C@@H](C(=O)N[C@H](C(=O)N(C)CC(=O)O)[C@@H](C)O)N(C)C(=O)[C@H](C(C)C)N(C)C(=O)[C@H](CC(C)C)NC(=O)[C@H](CC(C)C)N(C)C(=O)[C@@H](C)NC(=O)[C@H](C)NC(=O)[C@H](CC(C)C)N(C)C(=O)[C@H](CC(C)C)NC(=O)[C@H](C(C)OC(C)(C)C)N(C)C(=O)OCC1c2ccccc2-c2ccccc21. The van der Waals surface area contributed by atoms with Crippen LogP contribution in [0.15, 0.2) is 60.7 Å². The Kier molecular flexibility index (Phi) is 36.2. The Morgan fingerprint density at radius 2 is 0.925 bits per heavy atom. The van der Waals surface area contributed by atoms with E-state index < -0.39 is 174 Å². The maximum absolute atomic E-state index is 15.0. The third kappa shape index (κ3) is 26.4. The number of carboxylic acids is 1. The van der Waals surface area contributed by atoms with Gasteiger partial charge in [-0.3, -0.25) is 57.6 Å². The maximum atomic E-state index is 15.0. The molecule has 0 radical (unpaired) electrons. The second kappa shape index (κ2) is 41.7. The van der Waals surface area contributed by atoms with Crippen LogP contribution in [0, 0.1) is 35.5 Å². The van der Waals surface area contributed by atoms with Gasteiger partial charge in [0.05, 0.1) is 23.9 Å². The standard InChI is InChI=1S/C79H127N11O17/c1-26-27-32-48(12)67(94)66(72(99)84-63(51(15)91)76(103)85(20)41-62(92)93)89(24)77(104)64(47(10)11)88(23)75(102)59(38-44(4)5)82-70(97)61(40-46(8)9)86(21)73(100)50(14)81-68(95)49(13)80-69(96)60(39-45(6)7)87(22)74(101)58(37-43(2)3)83-71(98)65(52(16)107-79(17,18)19)90(25)78(105)106-42-57-55-35-30-28-33-53(55)54-34-29-31-36-56(54)57/h26-31,33-36,43-52,57-61,63-67,91,94H,32,37-42H2,1-25H3,(H,80,96)(H,81,95)(H,82,97)(H,83,98)(H,84,99)(H,92,93)/t48-,49+,50-,51-,52?,58+,59+,60+,61+,63+,64+,65+,66+,67-/m1/s1. The first-order valence-electron chi connectivity index (χ1n) is 37.4. The van der Waals surface area contributed by atoms with Crippen LogP contribution in [0.5, 0.6) is 0 Å². The minimum atomic E-state index is -1.73. The Hall–Kier alpha value is -8.50. The van der Waals surface area contributed by atoms with Gasteiger partial charge in [-0.2, -0.15) is 0 Å². The van der Waals surface area contributed by atoms with Crippen molar-refractivity contribution < 1.29 is 82.3 Å². The van der Waals surface area contributed by atoms with Crippen molar-refractivity contribution in [3.05, 3.63) is 71.8 Å². The van der Waals surface area contributed by atoms with Crippen LogP contribution in [0.25, 0.3) is 11.1 Å². The van der Waals surface area contributed by atoms with Crippen LogP contribution in [0.2, 0.25) is 0 Å². The van der Waals surface area contributed by atoms with Gasteiger partial charge in [0, 0.05) is 48.2 Å². The number of hydrogen-bond acceptors (Lipinski definition) is 16. The molecule has 2 aromatic rings. The fourth-order valence-corrected chi connectivity index (χ4v) is 13.6. The largest absolute Gasteiger partial charge is 0.480 e. The average molecular weight is 1500 g/mol. The number of hydrogen-bond donors (Lipinski definition) is 8. The van der Waals surface area contributed by atoms with Crippen molar-refractivity contribution in [1.82, 2.24) is 56.0 Å². The molecule has 1 aliphatic carbocycles. The molecule has 3 rings (SSSR count). The van der Waals surface area contributed by atoms with Crippen LogP contribution in [0.1, 0.15) is 181 Å². The van der Waals surface area contributed by atoms with Crippen LogP contribution in [0.3, 0.4) is 0 Å². The monoisotopic (exact) mass is 1500 g/mol. The lowest BCUT2D eigenvalue weighted by atomic mass is 9.91. The number of carbonyl (C=O) groups is 12. The number of aliphatic hydroxyl groups is 2. The van der Waals surface area contributed by atoms with Gasteiger partial charge < -0.3 is 75.9 Å². The van der Waals surface area contributed by atoms with Crippen LogP contribution in [-0.4, -0.2) is 256 Å². The number of aliphatic hydroxyl groups excluding tert-OH is 2. The van der Waals surface area contributed by atoms with Crippen molar-refractivity contribution >= 4 is 71.1 Å². The summed E-state index contributed by atoms with van der Waals surface area (Å²) in [6.07, 6.45) is -0.729. The molecular formula is C79H127N11O17. The van der Waals surface area contributed by atoms with Gasteiger partial charge in [-0.1, -0.05) is 137 Å². The van der Waals surface area contributed by atoms with Gasteiger partial charge in [-0.25, -0.2) is 4.79 Å².